The van der Waals surface area contributed by atoms with Crippen LogP contribution in [0.1, 0.15) is 12.6 Å². The molecule has 17 heavy (non-hydrogen) atoms. The third-order valence-corrected chi connectivity index (χ3v) is 3.42. The predicted molar refractivity (Wildman–Crippen MR) is 66.1 cm³/mol. The van der Waals surface area contributed by atoms with Crippen molar-refractivity contribution >= 4 is 28.4 Å². The largest absolute Gasteiger partial charge is 0.394 e. The first-order valence-corrected chi connectivity index (χ1v) is 6.05. The fourth-order valence-electron chi connectivity index (χ4n) is 1.69. The first-order chi connectivity index (χ1) is 8.02. The van der Waals surface area contributed by atoms with Crippen LogP contribution in [0.2, 0.25) is 0 Å². The minimum Gasteiger partial charge on any atom is -0.394 e. The molecular weight excluding hydrogens is 344 g/mol. The molecule has 2 rings (SSSR count). The molecule has 6 nitrogen and oxygen atoms in total. The molecule has 0 spiro atoms. The summed E-state index contributed by atoms with van der Waals surface area (Å²) in [5.74, 6) is 0.139. The molecule has 1 aliphatic heterocycles. The van der Waals surface area contributed by atoms with E-state index in [4.69, 9.17) is 15.6 Å². The van der Waals surface area contributed by atoms with E-state index in [0.29, 0.717) is 3.57 Å². The molecule has 0 aliphatic carbocycles. The lowest BCUT2D eigenvalue weighted by Gasteiger charge is -2.14. The van der Waals surface area contributed by atoms with Crippen LogP contribution < -0.4 is 11.4 Å². The molecule has 8 heteroatoms. The Labute approximate surface area is 110 Å². The molecule has 0 radical (unpaired) electrons. The molecule has 1 saturated heterocycles. The molecule has 0 aromatic carbocycles. The maximum Gasteiger partial charge on any atom is 0.351 e. The number of nitrogen functional groups attached to an aromatic ring is 1. The van der Waals surface area contributed by atoms with Gasteiger partial charge in [-0.05, 0) is 22.6 Å². The Morgan fingerprint density at radius 3 is 3.06 bits per heavy atom. The van der Waals surface area contributed by atoms with Crippen LogP contribution in [-0.2, 0) is 4.74 Å². The predicted octanol–water partition coefficient (Wildman–Crippen LogP) is 0.0480. The van der Waals surface area contributed by atoms with Crippen molar-refractivity contribution in [3.63, 3.8) is 0 Å². The Hall–Kier alpha value is -0.740. The number of nitrogens with zero attached hydrogens (tertiary/aromatic N) is 2. The molecule has 3 N–H and O–H groups in total. The van der Waals surface area contributed by atoms with Crippen LogP contribution in [0.3, 0.4) is 0 Å². The van der Waals surface area contributed by atoms with Gasteiger partial charge in [-0.15, -0.1) is 0 Å². The third-order valence-electron chi connectivity index (χ3n) is 2.59. The number of ether oxygens (including phenoxy) is 1. The number of rotatable bonds is 2. The Bertz CT molecular complexity index is 481. The summed E-state index contributed by atoms with van der Waals surface area (Å²) in [6.45, 7) is -0.411. The average Bonchev–Trinajstić information content (AvgIpc) is 2.65. The van der Waals surface area contributed by atoms with Crippen molar-refractivity contribution in [2.45, 2.75) is 24.9 Å². The van der Waals surface area contributed by atoms with Gasteiger partial charge in [0.05, 0.1) is 10.2 Å². The lowest BCUT2D eigenvalue weighted by molar-refractivity contribution is -0.0356. The fraction of sp³-hybridized carbons (Fsp3) is 0.556. The standard InChI is InChI=1S/C9H11FIN3O3/c10-4-1-7(17-6(4)3-15)14-2-5(11)8(12)13-9(14)16/h2,4,6-7,15H,1,3H2,(H2,12,13,16)/t4-,6+,7+/m0/s1. The zero-order valence-corrected chi connectivity index (χ0v) is 10.9. The maximum atomic E-state index is 13.4. The highest BCUT2D eigenvalue weighted by Crippen LogP contribution is 2.30. The smallest absolute Gasteiger partial charge is 0.351 e. The van der Waals surface area contributed by atoms with Crippen molar-refractivity contribution in [2.24, 2.45) is 0 Å². The third kappa shape index (κ3) is 2.43. The summed E-state index contributed by atoms with van der Waals surface area (Å²) in [4.78, 5) is 15.2. The van der Waals surface area contributed by atoms with Gasteiger partial charge in [0, 0.05) is 12.6 Å². The van der Waals surface area contributed by atoms with Crippen LogP contribution in [0.25, 0.3) is 0 Å². The Morgan fingerprint density at radius 2 is 2.47 bits per heavy atom. The van der Waals surface area contributed by atoms with Gasteiger partial charge in [0.2, 0.25) is 0 Å². The van der Waals surface area contributed by atoms with Crippen LogP contribution in [0.5, 0.6) is 0 Å². The lowest BCUT2D eigenvalue weighted by atomic mass is 10.2. The summed E-state index contributed by atoms with van der Waals surface area (Å²) in [6, 6.07) is 0. The Morgan fingerprint density at radius 1 is 1.76 bits per heavy atom. The van der Waals surface area contributed by atoms with Crippen molar-refractivity contribution in [3.05, 3.63) is 20.3 Å². The van der Waals surface area contributed by atoms with Crippen molar-refractivity contribution in [1.82, 2.24) is 9.55 Å². The van der Waals surface area contributed by atoms with E-state index in [-0.39, 0.29) is 12.2 Å². The monoisotopic (exact) mass is 355 g/mol. The molecule has 0 unspecified atom stereocenters. The minimum absolute atomic E-state index is 0.0206. The summed E-state index contributed by atoms with van der Waals surface area (Å²) in [5.41, 5.74) is 4.90. The number of hydrogen-bond acceptors (Lipinski definition) is 5. The zero-order chi connectivity index (χ0) is 12.6. The molecular formula is C9H11FIN3O3. The highest BCUT2D eigenvalue weighted by Gasteiger charge is 2.36. The van der Waals surface area contributed by atoms with Gasteiger partial charge < -0.3 is 15.6 Å². The van der Waals surface area contributed by atoms with Gasteiger partial charge >= 0.3 is 5.69 Å². The lowest BCUT2D eigenvalue weighted by Crippen LogP contribution is -2.28. The summed E-state index contributed by atoms with van der Waals surface area (Å²) >= 11 is 1.93. The van der Waals surface area contributed by atoms with E-state index in [1.807, 2.05) is 22.6 Å². The van der Waals surface area contributed by atoms with Crippen LogP contribution in [0.15, 0.2) is 11.0 Å². The van der Waals surface area contributed by atoms with Gasteiger partial charge in [-0.2, -0.15) is 4.98 Å². The quantitative estimate of drug-likeness (QED) is 0.732. The van der Waals surface area contributed by atoms with Crippen molar-refractivity contribution in [2.75, 3.05) is 12.3 Å². The second kappa shape index (κ2) is 4.86. The highest BCUT2D eigenvalue weighted by molar-refractivity contribution is 14.1. The van der Waals surface area contributed by atoms with E-state index >= 15 is 0 Å². The van der Waals surface area contributed by atoms with Gasteiger partial charge in [-0.1, -0.05) is 0 Å². The maximum absolute atomic E-state index is 13.4. The van der Waals surface area contributed by atoms with Crippen LogP contribution in [-0.4, -0.2) is 33.5 Å². The molecule has 3 atom stereocenters. The molecule has 0 saturated carbocycles. The normalized spacial score (nSPS) is 28.5. The molecule has 1 fully saturated rings. The molecule has 1 aromatic rings. The van der Waals surface area contributed by atoms with Crippen LogP contribution in [0, 0.1) is 3.57 Å². The van der Waals surface area contributed by atoms with Gasteiger partial charge in [-0.3, -0.25) is 4.57 Å². The van der Waals surface area contributed by atoms with Gasteiger partial charge in [-0.25, -0.2) is 9.18 Å². The molecule has 94 valence electrons. The van der Waals surface area contributed by atoms with E-state index in [9.17, 15) is 9.18 Å². The number of aliphatic hydroxyl groups is 1. The number of anilines is 1. The molecule has 0 amide bonds. The van der Waals surface area contributed by atoms with Gasteiger partial charge in [0.25, 0.3) is 0 Å². The van der Waals surface area contributed by atoms with E-state index in [0.717, 1.165) is 0 Å². The molecule has 1 aromatic heterocycles. The zero-order valence-electron chi connectivity index (χ0n) is 8.72. The second-order valence-corrected chi connectivity index (χ2v) is 4.89. The first-order valence-electron chi connectivity index (χ1n) is 4.97. The molecule has 0 bridgehead atoms. The number of aromatic nitrogens is 2. The number of nitrogens with two attached hydrogens (primary N) is 1. The number of alkyl halides is 1. The van der Waals surface area contributed by atoms with Crippen molar-refractivity contribution < 1.29 is 14.2 Å². The Kier molecular flexibility index (Phi) is 3.64. The van der Waals surface area contributed by atoms with E-state index in [2.05, 4.69) is 4.98 Å². The number of aliphatic hydroxyl groups excluding tert-OH is 1. The second-order valence-electron chi connectivity index (χ2n) is 3.73. The number of hydrogen-bond donors (Lipinski definition) is 2. The summed E-state index contributed by atoms with van der Waals surface area (Å²) in [6.07, 6.45) is -1.42. The summed E-state index contributed by atoms with van der Waals surface area (Å²) in [7, 11) is 0. The number of halogens is 2. The summed E-state index contributed by atoms with van der Waals surface area (Å²) < 4.78 is 20.4. The minimum atomic E-state index is -1.29. The molecule has 2 heterocycles. The van der Waals surface area contributed by atoms with E-state index < -0.39 is 30.8 Å². The SMILES string of the molecule is Nc1nc(=O)n([C@H]2C[C@H](F)[C@@H](CO)O2)cc1I. The van der Waals surface area contributed by atoms with Crippen molar-refractivity contribution in [1.29, 1.82) is 0 Å². The van der Waals surface area contributed by atoms with Gasteiger partial charge in [0.15, 0.2) is 0 Å². The van der Waals surface area contributed by atoms with Crippen molar-refractivity contribution in [3.8, 4) is 0 Å². The van der Waals surface area contributed by atoms with E-state index in [1.54, 1.807) is 0 Å². The highest BCUT2D eigenvalue weighted by atomic mass is 127. The summed E-state index contributed by atoms with van der Waals surface area (Å²) in [5, 5.41) is 8.88. The topological polar surface area (TPSA) is 90.4 Å². The average molecular weight is 355 g/mol. The Balaban J connectivity index is 2.30. The van der Waals surface area contributed by atoms with E-state index in [1.165, 1.54) is 10.8 Å². The van der Waals surface area contributed by atoms with Crippen LogP contribution in [0.4, 0.5) is 10.2 Å². The first kappa shape index (κ1) is 12.7. The fourth-order valence-corrected chi connectivity index (χ4v) is 2.11. The van der Waals surface area contributed by atoms with Crippen LogP contribution >= 0.6 is 22.6 Å². The molecule has 1 aliphatic rings. The van der Waals surface area contributed by atoms with Gasteiger partial charge in [0.1, 0.15) is 24.3 Å².